The predicted octanol–water partition coefficient (Wildman–Crippen LogP) is 3.03. The minimum atomic E-state index is -0.833. The first-order chi connectivity index (χ1) is 13.1. The number of aromatic hydroxyl groups is 2. The predicted molar refractivity (Wildman–Crippen MR) is 105 cm³/mol. The fourth-order valence-electron chi connectivity index (χ4n) is 3.67. The van der Waals surface area contributed by atoms with Crippen molar-refractivity contribution in [3.05, 3.63) is 47.0 Å². The largest absolute Gasteiger partial charge is 0.504 e. The van der Waals surface area contributed by atoms with Gasteiger partial charge in [-0.05, 0) is 48.2 Å². The molecule has 0 unspecified atom stereocenters. The van der Waals surface area contributed by atoms with E-state index >= 15 is 0 Å². The zero-order chi connectivity index (χ0) is 21.0. The highest BCUT2D eigenvalue weighted by Crippen LogP contribution is 2.49. The molecule has 1 atom stereocenters. The molecule has 1 aliphatic heterocycles. The molecule has 0 fully saturated rings. The van der Waals surface area contributed by atoms with Crippen LogP contribution in [0, 0.1) is 0 Å². The maximum absolute atomic E-state index is 10.3. The van der Waals surface area contributed by atoms with Gasteiger partial charge in [0.25, 0.3) is 11.9 Å². The highest BCUT2D eigenvalue weighted by Gasteiger charge is 2.34. The van der Waals surface area contributed by atoms with Crippen molar-refractivity contribution >= 4 is 11.9 Å². The summed E-state index contributed by atoms with van der Waals surface area (Å²) in [6, 6.07) is 10.2. The van der Waals surface area contributed by atoms with Crippen molar-refractivity contribution in [3.63, 3.8) is 0 Å². The number of likely N-dealkylation sites (N-methyl/N-ethyl adjacent to an activating group) is 1. The van der Waals surface area contributed by atoms with Gasteiger partial charge in [0.05, 0.1) is 0 Å². The van der Waals surface area contributed by atoms with Crippen molar-refractivity contribution in [2.45, 2.75) is 32.7 Å². The van der Waals surface area contributed by atoms with E-state index in [1.165, 1.54) is 11.1 Å². The molecule has 28 heavy (non-hydrogen) atoms. The zero-order valence-corrected chi connectivity index (χ0v) is 16.1. The van der Waals surface area contributed by atoms with E-state index in [-0.39, 0.29) is 11.5 Å². The summed E-state index contributed by atoms with van der Waals surface area (Å²) in [6.45, 7) is 3.24. The lowest BCUT2D eigenvalue weighted by Crippen LogP contribution is -2.35. The normalized spacial score (nSPS) is 16.3. The molecule has 0 radical (unpaired) electrons. The summed E-state index contributed by atoms with van der Waals surface area (Å²) in [5.74, 6) is -1.69. The number of nitrogens with zero attached hydrogens (tertiary/aromatic N) is 1. The fourth-order valence-corrected chi connectivity index (χ4v) is 3.67. The molecule has 0 aromatic heterocycles. The van der Waals surface area contributed by atoms with E-state index in [0.29, 0.717) is 6.04 Å². The maximum atomic E-state index is 10.3. The van der Waals surface area contributed by atoms with Gasteiger partial charge in [-0.3, -0.25) is 14.5 Å². The van der Waals surface area contributed by atoms with Crippen molar-refractivity contribution in [1.29, 1.82) is 0 Å². The third kappa shape index (κ3) is 4.61. The second-order valence-electron chi connectivity index (χ2n) is 6.83. The Kier molecular flexibility index (Phi) is 6.64. The number of carboxylic acids is 2. The molecule has 2 aromatic rings. The molecule has 7 heteroatoms. The van der Waals surface area contributed by atoms with Gasteiger partial charge in [0.15, 0.2) is 11.5 Å². The first kappa shape index (κ1) is 21.2. The number of phenolic OH excluding ortho intramolecular Hbond substituents is 2. The van der Waals surface area contributed by atoms with Gasteiger partial charge in [-0.1, -0.05) is 24.3 Å². The van der Waals surface area contributed by atoms with E-state index in [9.17, 15) is 10.2 Å². The van der Waals surface area contributed by atoms with Crippen LogP contribution in [0.1, 0.15) is 36.6 Å². The van der Waals surface area contributed by atoms with Crippen LogP contribution in [-0.4, -0.2) is 50.9 Å². The molecule has 0 bridgehead atoms. The van der Waals surface area contributed by atoms with Gasteiger partial charge < -0.3 is 20.4 Å². The van der Waals surface area contributed by atoms with Gasteiger partial charge >= 0.3 is 0 Å². The van der Waals surface area contributed by atoms with Gasteiger partial charge in [-0.2, -0.15) is 0 Å². The molecule has 4 rings (SSSR count). The van der Waals surface area contributed by atoms with Crippen LogP contribution in [0.2, 0.25) is 0 Å². The lowest BCUT2D eigenvalue weighted by Gasteiger charge is -2.39. The van der Waals surface area contributed by atoms with E-state index in [2.05, 4.69) is 30.1 Å². The molecule has 0 saturated heterocycles. The lowest BCUT2D eigenvalue weighted by molar-refractivity contribution is -0.135. The highest BCUT2D eigenvalue weighted by molar-refractivity contribution is 5.82. The maximum Gasteiger partial charge on any atom is 0.300 e. The molecule has 0 spiro atoms. The Bertz CT molecular complexity index is 873. The molecule has 1 heterocycles. The Morgan fingerprint density at radius 2 is 1.61 bits per heavy atom. The Morgan fingerprint density at radius 3 is 2.21 bits per heavy atom. The summed E-state index contributed by atoms with van der Waals surface area (Å²) in [4.78, 5) is 20.4. The topological polar surface area (TPSA) is 118 Å². The molecule has 0 saturated carbocycles. The molecule has 1 aliphatic carbocycles. The van der Waals surface area contributed by atoms with Crippen LogP contribution in [0.15, 0.2) is 30.3 Å². The molecule has 150 valence electrons. The van der Waals surface area contributed by atoms with Crippen LogP contribution in [-0.2, 0) is 22.4 Å². The molecule has 2 aliphatic rings. The van der Waals surface area contributed by atoms with Crippen LogP contribution < -0.4 is 0 Å². The van der Waals surface area contributed by atoms with Crippen LogP contribution in [0.5, 0.6) is 11.5 Å². The van der Waals surface area contributed by atoms with Crippen molar-refractivity contribution < 1.29 is 30.0 Å². The van der Waals surface area contributed by atoms with Crippen LogP contribution in [0.4, 0.5) is 0 Å². The van der Waals surface area contributed by atoms with Gasteiger partial charge in [-0.25, -0.2) is 0 Å². The van der Waals surface area contributed by atoms with Crippen molar-refractivity contribution in [2.24, 2.45) is 0 Å². The number of aliphatic carboxylic acids is 2. The van der Waals surface area contributed by atoms with E-state index in [0.717, 1.165) is 49.9 Å². The number of carbonyl (C=O) groups is 2. The minimum Gasteiger partial charge on any atom is -0.504 e. The van der Waals surface area contributed by atoms with Crippen molar-refractivity contribution in [3.8, 4) is 22.6 Å². The molecule has 4 N–H and O–H groups in total. The fraction of sp³-hybridized carbons (Fsp3) is 0.333. The van der Waals surface area contributed by atoms with Crippen molar-refractivity contribution in [1.82, 2.24) is 4.90 Å². The molecule has 7 nitrogen and oxygen atoms in total. The smallest absolute Gasteiger partial charge is 0.300 e. The minimum absolute atomic E-state index is 0.0163. The molecular weight excluding hydrogens is 362 g/mol. The number of fused-ring (bicyclic) bond motifs is 2. The number of rotatable bonds is 0. The summed E-state index contributed by atoms with van der Waals surface area (Å²) >= 11 is 0. The highest BCUT2D eigenvalue weighted by atomic mass is 16.4. The van der Waals surface area contributed by atoms with E-state index in [1.54, 1.807) is 6.07 Å². The quantitative estimate of drug-likeness (QED) is 0.513. The van der Waals surface area contributed by atoms with E-state index in [4.69, 9.17) is 19.8 Å². The molecule has 2 aromatic carbocycles. The Morgan fingerprint density at radius 1 is 1.00 bits per heavy atom. The average Bonchev–Trinajstić information content (AvgIpc) is 2.60. The van der Waals surface area contributed by atoms with Gasteiger partial charge in [0.2, 0.25) is 0 Å². The van der Waals surface area contributed by atoms with Gasteiger partial charge in [-0.15, -0.1) is 0 Å². The summed E-state index contributed by atoms with van der Waals surface area (Å²) in [7, 11) is 2.16. The summed E-state index contributed by atoms with van der Waals surface area (Å²) in [5, 5.41) is 34.9. The van der Waals surface area contributed by atoms with Gasteiger partial charge in [0, 0.05) is 32.0 Å². The standard InChI is InChI=1S/C17H17NO2.2C2H4O2/c1-18-8-7-10-3-2-4-12-15(10)13(18)9-11-5-6-14(19)17(20)16(11)12;2*1-2(3)4/h2-6,13,19-20H,7-9H2,1H3;2*1H3,(H,3,4)/t13-;;/m1../s1. The Balaban J connectivity index is 0.000000302. The summed E-state index contributed by atoms with van der Waals surface area (Å²) in [5.41, 5.74) is 5.71. The number of hydrogen-bond acceptors (Lipinski definition) is 5. The SMILES string of the molecule is CC(=O)O.CC(=O)O.CN1CCc2cccc3c2[C@H]1Cc1ccc(O)c(O)c1-3. The van der Waals surface area contributed by atoms with Crippen molar-refractivity contribution in [2.75, 3.05) is 13.6 Å². The van der Waals surface area contributed by atoms with E-state index in [1.807, 2.05) is 6.07 Å². The van der Waals surface area contributed by atoms with Crippen LogP contribution in [0.3, 0.4) is 0 Å². The number of benzene rings is 2. The lowest BCUT2D eigenvalue weighted by atomic mass is 9.77. The van der Waals surface area contributed by atoms with Crippen LogP contribution in [0.25, 0.3) is 11.1 Å². The third-order valence-corrected chi connectivity index (χ3v) is 4.72. The van der Waals surface area contributed by atoms with Gasteiger partial charge in [0.1, 0.15) is 0 Å². The second kappa shape index (κ2) is 8.75. The zero-order valence-electron chi connectivity index (χ0n) is 16.1. The number of hydrogen-bond donors (Lipinski definition) is 4. The first-order valence-corrected chi connectivity index (χ1v) is 8.88. The average molecular weight is 387 g/mol. The number of carboxylic acid groups (broad SMARTS) is 2. The van der Waals surface area contributed by atoms with Crippen LogP contribution >= 0.6 is 0 Å². The summed E-state index contributed by atoms with van der Waals surface area (Å²) < 4.78 is 0. The third-order valence-electron chi connectivity index (χ3n) is 4.72. The Hall–Kier alpha value is -3.06. The second-order valence-corrected chi connectivity index (χ2v) is 6.83. The van der Waals surface area contributed by atoms with E-state index < -0.39 is 11.9 Å². The molecular formula is C21H25NO6. The summed E-state index contributed by atoms with van der Waals surface area (Å²) in [6.07, 6.45) is 1.94. The molecule has 0 amide bonds. The monoisotopic (exact) mass is 387 g/mol. The Labute approximate surface area is 163 Å². The number of phenols is 2. The first-order valence-electron chi connectivity index (χ1n) is 8.88.